The lowest BCUT2D eigenvalue weighted by molar-refractivity contribution is -0.111. The largest absolute Gasteiger partial charge is 0.421 e. The van der Waals surface area contributed by atoms with Crippen molar-refractivity contribution in [2.75, 3.05) is 5.32 Å². The number of carbonyl (C=O) groups excluding carboxylic acids is 1. The number of nitrogens with one attached hydrogen (secondary N) is 1. The van der Waals surface area contributed by atoms with Crippen LogP contribution in [0.2, 0.25) is 10.0 Å². The van der Waals surface area contributed by atoms with Gasteiger partial charge >= 0.3 is 0 Å². The van der Waals surface area contributed by atoms with E-state index in [0.29, 0.717) is 44.9 Å². The van der Waals surface area contributed by atoms with Crippen LogP contribution in [0.3, 0.4) is 0 Å². The molecule has 0 spiro atoms. The van der Waals surface area contributed by atoms with Crippen molar-refractivity contribution in [1.82, 2.24) is 15.2 Å². The molecule has 1 atom stereocenters. The molecule has 0 aliphatic carbocycles. The summed E-state index contributed by atoms with van der Waals surface area (Å²) in [4.78, 5) is 16.6. The summed E-state index contributed by atoms with van der Waals surface area (Å²) in [6.45, 7) is 4.79. The molecule has 9 heteroatoms. The average molecular weight is 435 g/mol. The first kappa shape index (κ1) is 21.0. The maximum atomic E-state index is 13.4. The number of benzene rings is 1. The molecule has 3 rings (SSSR count). The average Bonchev–Trinajstić information content (AvgIpc) is 3.07. The van der Waals surface area contributed by atoms with Crippen molar-refractivity contribution in [3.8, 4) is 11.5 Å². The number of hydrogen-bond donors (Lipinski definition) is 1. The molecule has 0 saturated heterocycles. The zero-order chi connectivity index (χ0) is 21.1. The molecule has 1 amide bonds. The van der Waals surface area contributed by atoms with Gasteiger partial charge in [-0.05, 0) is 37.6 Å². The van der Waals surface area contributed by atoms with Crippen LogP contribution in [-0.4, -0.2) is 21.1 Å². The van der Waals surface area contributed by atoms with Crippen LogP contribution in [0.4, 0.5) is 10.1 Å². The number of carbonyl (C=O) groups is 1. The van der Waals surface area contributed by atoms with E-state index >= 15 is 0 Å². The zero-order valence-corrected chi connectivity index (χ0v) is 17.3. The van der Waals surface area contributed by atoms with Crippen LogP contribution in [0.15, 0.2) is 41.0 Å². The standard InChI is InChI=1S/C20H17Cl2FN4O2/c1-10(6-18(28)25-14-4-5-15(11(2)23)16(21)8-14)19-17(22)7-13(9-24-19)20-27-26-12(3)29-20/h4-9,11H,1-3H3,(H,25,28)/b10-6+. The number of anilines is 1. The molecule has 2 aromatic heterocycles. The molecule has 0 saturated carbocycles. The van der Waals surface area contributed by atoms with Gasteiger partial charge in [0.05, 0.1) is 16.3 Å². The minimum atomic E-state index is -1.19. The summed E-state index contributed by atoms with van der Waals surface area (Å²) < 4.78 is 18.8. The summed E-state index contributed by atoms with van der Waals surface area (Å²) in [5.74, 6) is 0.349. The first-order chi connectivity index (χ1) is 13.7. The van der Waals surface area contributed by atoms with Crippen molar-refractivity contribution in [3.63, 3.8) is 0 Å². The second-order valence-corrected chi connectivity index (χ2v) is 7.16. The van der Waals surface area contributed by atoms with E-state index in [-0.39, 0.29) is 5.02 Å². The molecule has 0 fully saturated rings. The lowest BCUT2D eigenvalue weighted by Gasteiger charge is -2.09. The number of aryl methyl sites for hydroxylation is 1. The summed E-state index contributed by atoms with van der Waals surface area (Å²) >= 11 is 12.4. The molecule has 0 aliphatic heterocycles. The Hall–Kier alpha value is -2.77. The Morgan fingerprint density at radius 1 is 1.24 bits per heavy atom. The van der Waals surface area contributed by atoms with Gasteiger partial charge in [0.25, 0.3) is 0 Å². The van der Waals surface area contributed by atoms with Crippen LogP contribution in [0.5, 0.6) is 0 Å². The van der Waals surface area contributed by atoms with Gasteiger partial charge in [-0.1, -0.05) is 29.3 Å². The Morgan fingerprint density at radius 2 is 2.00 bits per heavy atom. The van der Waals surface area contributed by atoms with E-state index in [9.17, 15) is 9.18 Å². The third kappa shape index (κ3) is 4.99. The molecule has 1 aromatic carbocycles. The van der Waals surface area contributed by atoms with Gasteiger partial charge in [-0.2, -0.15) is 0 Å². The fourth-order valence-corrected chi connectivity index (χ4v) is 3.28. The third-order valence-electron chi connectivity index (χ3n) is 4.03. The molecule has 0 bridgehead atoms. The van der Waals surface area contributed by atoms with Gasteiger partial charge in [-0.25, -0.2) is 4.39 Å². The van der Waals surface area contributed by atoms with Gasteiger partial charge in [-0.15, -0.1) is 10.2 Å². The fraction of sp³-hybridized carbons (Fsp3) is 0.200. The maximum absolute atomic E-state index is 13.4. The Balaban J connectivity index is 1.76. The highest BCUT2D eigenvalue weighted by Gasteiger charge is 2.13. The molecule has 1 N–H and O–H groups in total. The molecule has 0 aliphatic rings. The highest BCUT2D eigenvalue weighted by Crippen LogP contribution is 2.29. The summed E-state index contributed by atoms with van der Waals surface area (Å²) in [6, 6.07) is 6.27. The first-order valence-electron chi connectivity index (χ1n) is 8.64. The molecule has 0 radical (unpaired) electrons. The van der Waals surface area contributed by atoms with E-state index in [1.165, 1.54) is 25.1 Å². The minimum absolute atomic E-state index is 0.245. The predicted molar refractivity (Wildman–Crippen MR) is 111 cm³/mol. The molecular weight excluding hydrogens is 418 g/mol. The summed E-state index contributed by atoms with van der Waals surface area (Å²) in [7, 11) is 0. The summed E-state index contributed by atoms with van der Waals surface area (Å²) in [5.41, 5.74) is 2.40. The van der Waals surface area contributed by atoms with Crippen molar-refractivity contribution >= 4 is 40.4 Å². The second-order valence-electron chi connectivity index (χ2n) is 6.35. The lowest BCUT2D eigenvalue weighted by atomic mass is 10.1. The zero-order valence-electron chi connectivity index (χ0n) is 15.8. The lowest BCUT2D eigenvalue weighted by Crippen LogP contribution is -2.09. The van der Waals surface area contributed by atoms with Crippen LogP contribution in [-0.2, 0) is 4.79 Å². The highest BCUT2D eigenvalue weighted by molar-refractivity contribution is 6.32. The van der Waals surface area contributed by atoms with E-state index in [0.717, 1.165) is 0 Å². The van der Waals surface area contributed by atoms with Gasteiger partial charge in [0.15, 0.2) is 0 Å². The fourth-order valence-electron chi connectivity index (χ4n) is 2.63. The van der Waals surface area contributed by atoms with Crippen molar-refractivity contribution in [2.45, 2.75) is 26.9 Å². The molecule has 3 aromatic rings. The SMILES string of the molecule is C/C(=C\C(=O)Nc1ccc(C(C)F)c(Cl)c1)c1ncc(-c2nnc(C)o2)cc1Cl. The van der Waals surface area contributed by atoms with E-state index in [1.54, 1.807) is 32.2 Å². The molecule has 1 unspecified atom stereocenters. The van der Waals surface area contributed by atoms with Crippen LogP contribution in [0, 0.1) is 6.92 Å². The number of aromatic nitrogens is 3. The number of halogens is 3. The van der Waals surface area contributed by atoms with Crippen molar-refractivity contribution < 1.29 is 13.6 Å². The maximum Gasteiger partial charge on any atom is 0.249 e. The predicted octanol–water partition coefficient (Wildman–Crippen LogP) is 5.82. The number of nitrogens with zero attached hydrogens (tertiary/aromatic N) is 3. The monoisotopic (exact) mass is 434 g/mol. The van der Waals surface area contributed by atoms with Crippen molar-refractivity contribution in [1.29, 1.82) is 0 Å². The van der Waals surface area contributed by atoms with Gasteiger partial charge in [0.2, 0.25) is 17.7 Å². The topological polar surface area (TPSA) is 80.9 Å². The Kier molecular flexibility index (Phi) is 6.30. The molecule has 29 heavy (non-hydrogen) atoms. The van der Waals surface area contributed by atoms with E-state index in [4.69, 9.17) is 27.6 Å². The summed E-state index contributed by atoms with van der Waals surface area (Å²) in [5, 5.41) is 11.0. The number of amides is 1. The molecular formula is C20H17Cl2FN4O2. The molecule has 150 valence electrons. The van der Waals surface area contributed by atoms with Crippen LogP contribution >= 0.6 is 23.2 Å². The van der Waals surface area contributed by atoms with Crippen LogP contribution < -0.4 is 5.32 Å². The summed E-state index contributed by atoms with van der Waals surface area (Å²) in [6.07, 6.45) is 1.71. The first-order valence-corrected chi connectivity index (χ1v) is 9.39. The third-order valence-corrected chi connectivity index (χ3v) is 4.65. The van der Waals surface area contributed by atoms with Crippen molar-refractivity contribution in [2.24, 2.45) is 0 Å². The Labute approximate surface area is 176 Å². The Morgan fingerprint density at radius 3 is 2.59 bits per heavy atom. The number of rotatable bonds is 5. The molecule has 2 heterocycles. The van der Waals surface area contributed by atoms with Gasteiger partial charge in [0.1, 0.15) is 6.17 Å². The second kappa shape index (κ2) is 8.71. The van der Waals surface area contributed by atoms with E-state index in [1.807, 2.05) is 0 Å². The van der Waals surface area contributed by atoms with Gasteiger partial charge in [0, 0.05) is 35.5 Å². The van der Waals surface area contributed by atoms with E-state index in [2.05, 4.69) is 20.5 Å². The van der Waals surface area contributed by atoms with E-state index < -0.39 is 12.1 Å². The number of pyridine rings is 1. The smallest absolute Gasteiger partial charge is 0.249 e. The quantitative estimate of drug-likeness (QED) is 0.511. The van der Waals surface area contributed by atoms with Crippen molar-refractivity contribution in [3.05, 3.63) is 63.7 Å². The number of allylic oxidation sites excluding steroid dienone is 1. The normalized spacial score (nSPS) is 12.7. The minimum Gasteiger partial charge on any atom is -0.421 e. The van der Waals surface area contributed by atoms with Crippen LogP contribution in [0.1, 0.15) is 37.2 Å². The molecule has 6 nitrogen and oxygen atoms in total. The number of hydrogen-bond acceptors (Lipinski definition) is 5. The van der Waals surface area contributed by atoms with Crippen LogP contribution in [0.25, 0.3) is 17.0 Å². The number of alkyl halides is 1. The van der Waals surface area contributed by atoms with Gasteiger partial charge in [-0.3, -0.25) is 9.78 Å². The van der Waals surface area contributed by atoms with Gasteiger partial charge < -0.3 is 9.73 Å². The highest BCUT2D eigenvalue weighted by atomic mass is 35.5. The Bertz CT molecular complexity index is 1100.